The van der Waals surface area contributed by atoms with Crippen LogP contribution in [0.3, 0.4) is 0 Å². The maximum atomic E-state index is 6.01. The molecule has 0 saturated heterocycles. The van der Waals surface area contributed by atoms with Crippen LogP contribution in [0.15, 0.2) is 24.3 Å². The maximum Gasteiger partial charge on any atom is 0.0878 e. The molecule has 0 aromatic heterocycles. The van der Waals surface area contributed by atoms with Gasteiger partial charge in [0.2, 0.25) is 0 Å². The molecule has 0 fully saturated rings. The van der Waals surface area contributed by atoms with E-state index in [9.17, 15) is 0 Å². The summed E-state index contributed by atoms with van der Waals surface area (Å²) in [7, 11) is 0. The summed E-state index contributed by atoms with van der Waals surface area (Å²) in [5.41, 5.74) is 2.34. The second-order valence-corrected chi connectivity index (χ2v) is 4.71. The summed E-state index contributed by atoms with van der Waals surface area (Å²) in [6.45, 7) is 10.6. The number of aryl methyl sites for hydroxylation is 1. The molecule has 0 radical (unpaired) electrons. The Morgan fingerprint density at radius 1 is 1.20 bits per heavy atom. The highest BCUT2D eigenvalue weighted by molar-refractivity contribution is 5.25. The van der Waals surface area contributed by atoms with Crippen LogP contribution < -0.4 is 0 Å². The molecule has 0 heterocycles. The molecule has 0 saturated carbocycles. The van der Waals surface area contributed by atoms with Crippen molar-refractivity contribution in [3.63, 3.8) is 0 Å². The van der Waals surface area contributed by atoms with Crippen LogP contribution in [0.5, 0.6) is 0 Å². The minimum absolute atomic E-state index is 0.191. The molecular weight excluding hydrogens is 184 g/mol. The summed E-state index contributed by atoms with van der Waals surface area (Å²) >= 11 is 0. The van der Waals surface area contributed by atoms with Crippen LogP contribution in [0.1, 0.15) is 45.2 Å². The Balaban J connectivity index is 2.80. The van der Waals surface area contributed by atoms with Crippen LogP contribution in [0.25, 0.3) is 0 Å². The second-order valence-electron chi connectivity index (χ2n) is 4.71. The second kappa shape index (κ2) is 4.80. The lowest BCUT2D eigenvalue weighted by molar-refractivity contribution is -0.0691. The average molecular weight is 206 g/mol. The molecule has 15 heavy (non-hydrogen) atoms. The topological polar surface area (TPSA) is 9.23 Å². The molecule has 1 unspecified atom stereocenters. The molecule has 0 N–H and O–H groups in total. The van der Waals surface area contributed by atoms with Gasteiger partial charge in [-0.3, -0.25) is 0 Å². The predicted octanol–water partition coefficient (Wildman–Crippen LogP) is 4.05. The van der Waals surface area contributed by atoms with Crippen LogP contribution in [0.4, 0.5) is 0 Å². The van der Waals surface area contributed by atoms with Crippen LogP contribution in [-0.2, 0) is 10.3 Å². The fourth-order valence-corrected chi connectivity index (χ4v) is 1.61. The first-order valence-electron chi connectivity index (χ1n) is 5.70. The van der Waals surface area contributed by atoms with Crippen molar-refractivity contribution in [2.45, 2.75) is 52.7 Å². The van der Waals surface area contributed by atoms with E-state index >= 15 is 0 Å². The Hall–Kier alpha value is -0.820. The third kappa shape index (κ3) is 3.35. The Morgan fingerprint density at radius 3 is 2.20 bits per heavy atom. The smallest absolute Gasteiger partial charge is 0.0878 e. The van der Waals surface area contributed by atoms with Crippen molar-refractivity contribution in [1.82, 2.24) is 0 Å². The predicted molar refractivity (Wildman–Crippen MR) is 65.0 cm³/mol. The van der Waals surface area contributed by atoms with Crippen molar-refractivity contribution >= 4 is 0 Å². The molecule has 1 atom stereocenters. The molecule has 0 amide bonds. The fraction of sp³-hybridized carbons (Fsp3) is 0.571. The van der Waals surface area contributed by atoms with Crippen molar-refractivity contribution in [2.24, 2.45) is 0 Å². The number of hydrogen-bond donors (Lipinski definition) is 0. The highest BCUT2D eigenvalue weighted by Gasteiger charge is 2.22. The summed E-state index contributed by atoms with van der Waals surface area (Å²) in [5, 5.41) is 0. The molecule has 0 aliphatic heterocycles. The third-order valence-electron chi connectivity index (χ3n) is 2.82. The largest absolute Gasteiger partial charge is 0.368 e. The molecule has 0 spiro atoms. The van der Waals surface area contributed by atoms with Crippen molar-refractivity contribution in [1.29, 1.82) is 0 Å². The van der Waals surface area contributed by atoms with Crippen LogP contribution in [0.2, 0.25) is 0 Å². The minimum Gasteiger partial charge on any atom is -0.368 e. The molecular formula is C14H22O. The molecule has 1 heteroatoms. The SMILES string of the molecule is CCC(C)OC(C)(C)c1ccc(C)cc1. The number of rotatable bonds is 4. The zero-order valence-electron chi connectivity index (χ0n) is 10.5. The highest BCUT2D eigenvalue weighted by atomic mass is 16.5. The lowest BCUT2D eigenvalue weighted by Gasteiger charge is -2.29. The Morgan fingerprint density at radius 2 is 1.73 bits per heavy atom. The van der Waals surface area contributed by atoms with E-state index in [-0.39, 0.29) is 5.60 Å². The molecule has 1 aromatic carbocycles. The molecule has 0 bridgehead atoms. The van der Waals surface area contributed by atoms with Gasteiger partial charge in [0, 0.05) is 0 Å². The molecule has 0 aliphatic carbocycles. The molecule has 1 rings (SSSR count). The first-order valence-corrected chi connectivity index (χ1v) is 5.70. The monoisotopic (exact) mass is 206 g/mol. The molecule has 0 aliphatic rings. The normalized spacial score (nSPS) is 13.9. The van der Waals surface area contributed by atoms with Crippen LogP contribution in [-0.4, -0.2) is 6.10 Å². The summed E-state index contributed by atoms with van der Waals surface area (Å²) in [6, 6.07) is 8.57. The van der Waals surface area contributed by atoms with E-state index in [2.05, 4.69) is 58.9 Å². The zero-order valence-corrected chi connectivity index (χ0v) is 10.5. The zero-order chi connectivity index (χ0) is 11.5. The first-order chi connectivity index (χ1) is 6.95. The highest BCUT2D eigenvalue weighted by Crippen LogP contribution is 2.26. The van der Waals surface area contributed by atoms with Crippen molar-refractivity contribution in [3.8, 4) is 0 Å². The standard InChI is InChI=1S/C14H22O/c1-6-12(3)15-14(4,5)13-9-7-11(2)8-10-13/h7-10,12H,6H2,1-5H3. The third-order valence-corrected chi connectivity index (χ3v) is 2.82. The van der Waals surface area contributed by atoms with E-state index < -0.39 is 0 Å². The summed E-state index contributed by atoms with van der Waals surface area (Å²) in [4.78, 5) is 0. The van der Waals surface area contributed by atoms with Crippen LogP contribution >= 0.6 is 0 Å². The number of hydrogen-bond acceptors (Lipinski definition) is 1. The average Bonchev–Trinajstić information content (AvgIpc) is 2.17. The minimum atomic E-state index is -0.191. The van der Waals surface area contributed by atoms with Gasteiger partial charge in [-0.05, 0) is 39.7 Å². The van der Waals surface area contributed by atoms with Gasteiger partial charge in [-0.2, -0.15) is 0 Å². The van der Waals surface area contributed by atoms with Gasteiger partial charge in [0.05, 0.1) is 11.7 Å². The lowest BCUT2D eigenvalue weighted by atomic mass is 9.96. The van der Waals surface area contributed by atoms with E-state index in [4.69, 9.17) is 4.74 Å². The van der Waals surface area contributed by atoms with E-state index in [0.717, 1.165) is 6.42 Å². The summed E-state index contributed by atoms with van der Waals surface area (Å²) < 4.78 is 6.01. The van der Waals surface area contributed by atoms with Gasteiger partial charge in [0.15, 0.2) is 0 Å². The number of benzene rings is 1. The fourth-order valence-electron chi connectivity index (χ4n) is 1.61. The summed E-state index contributed by atoms with van der Waals surface area (Å²) in [5.74, 6) is 0. The van der Waals surface area contributed by atoms with Crippen molar-refractivity contribution < 1.29 is 4.74 Å². The van der Waals surface area contributed by atoms with E-state index in [1.165, 1.54) is 11.1 Å². The Bertz CT molecular complexity index is 298. The van der Waals surface area contributed by atoms with Crippen molar-refractivity contribution in [3.05, 3.63) is 35.4 Å². The van der Waals surface area contributed by atoms with Gasteiger partial charge in [-0.25, -0.2) is 0 Å². The van der Waals surface area contributed by atoms with Gasteiger partial charge in [-0.15, -0.1) is 0 Å². The quantitative estimate of drug-likeness (QED) is 0.722. The van der Waals surface area contributed by atoms with Gasteiger partial charge in [0.1, 0.15) is 0 Å². The van der Waals surface area contributed by atoms with Gasteiger partial charge < -0.3 is 4.74 Å². The Kier molecular flexibility index (Phi) is 3.92. The summed E-state index contributed by atoms with van der Waals surface area (Å²) in [6.07, 6.45) is 1.36. The van der Waals surface area contributed by atoms with Crippen molar-refractivity contribution in [2.75, 3.05) is 0 Å². The molecule has 1 nitrogen and oxygen atoms in total. The van der Waals surface area contributed by atoms with Gasteiger partial charge >= 0.3 is 0 Å². The number of ether oxygens (including phenoxy) is 1. The van der Waals surface area contributed by atoms with E-state index in [0.29, 0.717) is 6.10 Å². The van der Waals surface area contributed by atoms with Crippen LogP contribution in [0, 0.1) is 6.92 Å². The van der Waals surface area contributed by atoms with E-state index in [1.807, 2.05) is 0 Å². The molecule has 1 aromatic rings. The lowest BCUT2D eigenvalue weighted by Crippen LogP contribution is -2.26. The van der Waals surface area contributed by atoms with Gasteiger partial charge in [-0.1, -0.05) is 36.8 Å². The van der Waals surface area contributed by atoms with Gasteiger partial charge in [0.25, 0.3) is 0 Å². The first kappa shape index (κ1) is 12.3. The van der Waals surface area contributed by atoms with E-state index in [1.54, 1.807) is 0 Å². The molecule has 84 valence electrons. The Labute approximate surface area is 93.5 Å². The maximum absolute atomic E-state index is 6.01.